The Balaban J connectivity index is 2.07. The van der Waals surface area contributed by atoms with Gasteiger partial charge in [-0.05, 0) is 24.3 Å². The highest BCUT2D eigenvalue weighted by molar-refractivity contribution is 5.67. The summed E-state index contributed by atoms with van der Waals surface area (Å²) < 4.78 is 5.37. The minimum absolute atomic E-state index is 0.0380. The van der Waals surface area contributed by atoms with Crippen LogP contribution in [0.15, 0.2) is 54.6 Å². The molecule has 0 saturated carbocycles. The molecule has 4 N–H and O–H groups in total. The molecule has 2 aromatic rings. The molecule has 0 fully saturated rings. The van der Waals surface area contributed by atoms with Crippen LogP contribution in [-0.2, 0) is 0 Å². The average Bonchev–Trinajstić information content (AvgIpc) is 2.61. The van der Waals surface area contributed by atoms with Gasteiger partial charge in [0.1, 0.15) is 17.5 Å². The zero-order valence-corrected chi connectivity index (χ0v) is 15.3. The molecule has 2 atom stereocenters. The van der Waals surface area contributed by atoms with Crippen LogP contribution >= 0.6 is 0 Å². The molecule has 4 nitrogen and oxygen atoms in total. The number of aromatic hydroxyl groups is 1. The molecule has 4 heteroatoms. The van der Waals surface area contributed by atoms with Crippen LogP contribution in [0.5, 0.6) is 11.5 Å². The van der Waals surface area contributed by atoms with E-state index in [0.717, 1.165) is 22.6 Å². The smallest absolute Gasteiger partial charge is 0.169 e. The summed E-state index contributed by atoms with van der Waals surface area (Å²) in [6.07, 6.45) is 2.17. The first-order valence-electron chi connectivity index (χ1n) is 8.71. The molecule has 2 aromatic carbocycles. The Morgan fingerprint density at radius 1 is 1.16 bits per heavy atom. The maximum absolute atomic E-state index is 10.3. The summed E-state index contributed by atoms with van der Waals surface area (Å²) in [5.41, 5.74) is 2.89. The van der Waals surface area contributed by atoms with Gasteiger partial charge in [-0.15, -0.1) is 0 Å². The second-order valence-electron chi connectivity index (χ2n) is 7.13. The summed E-state index contributed by atoms with van der Waals surface area (Å²) >= 11 is 0. The van der Waals surface area contributed by atoms with Crippen molar-refractivity contribution in [3.05, 3.63) is 65.7 Å². The summed E-state index contributed by atoms with van der Waals surface area (Å²) in [4.78, 5) is 0. The van der Waals surface area contributed by atoms with E-state index in [4.69, 9.17) is 4.74 Å². The van der Waals surface area contributed by atoms with Crippen LogP contribution in [0.3, 0.4) is 0 Å². The van der Waals surface area contributed by atoms with Gasteiger partial charge < -0.3 is 20.5 Å². The number of phenols is 1. The zero-order valence-electron chi connectivity index (χ0n) is 15.3. The quantitative estimate of drug-likeness (QED) is 0.802. The van der Waals surface area contributed by atoms with Crippen molar-refractivity contribution in [2.75, 3.05) is 7.11 Å². The van der Waals surface area contributed by atoms with Crippen molar-refractivity contribution in [1.29, 1.82) is 0 Å². The van der Waals surface area contributed by atoms with Crippen LogP contribution in [0.4, 0.5) is 0 Å². The number of hydrogen-bond acceptors (Lipinski definition) is 3. The summed E-state index contributed by atoms with van der Waals surface area (Å²) in [6.45, 7) is 6.62. The van der Waals surface area contributed by atoms with Gasteiger partial charge in [-0.25, -0.2) is 0 Å². The Morgan fingerprint density at radius 2 is 1.92 bits per heavy atom. The number of benzene rings is 2. The van der Waals surface area contributed by atoms with E-state index >= 15 is 0 Å². The van der Waals surface area contributed by atoms with Gasteiger partial charge in [-0.3, -0.25) is 0 Å². The third kappa shape index (κ3) is 3.49. The van der Waals surface area contributed by atoms with E-state index in [-0.39, 0.29) is 11.7 Å². The topological polar surface area (TPSA) is 58.1 Å². The maximum atomic E-state index is 10.3. The van der Waals surface area contributed by atoms with Crippen LogP contribution in [-0.4, -0.2) is 17.9 Å². The van der Waals surface area contributed by atoms with E-state index < -0.39 is 0 Å². The summed E-state index contributed by atoms with van der Waals surface area (Å²) in [7, 11) is 1.68. The van der Waals surface area contributed by atoms with E-state index in [9.17, 15) is 5.11 Å². The van der Waals surface area contributed by atoms with Crippen molar-refractivity contribution < 1.29 is 15.2 Å². The largest absolute Gasteiger partial charge is 0.507 e. The van der Waals surface area contributed by atoms with Crippen molar-refractivity contribution in [3.63, 3.8) is 0 Å². The van der Waals surface area contributed by atoms with Crippen molar-refractivity contribution in [2.24, 2.45) is 5.92 Å². The molecule has 1 aliphatic rings. The summed E-state index contributed by atoms with van der Waals surface area (Å²) in [5.74, 6) is 1.56. The zero-order chi connectivity index (χ0) is 18.0. The van der Waals surface area contributed by atoms with Gasteiger partial charge >= 0.3 is 0 Å². The molecule has 0 amide bonds. The monoisotopic (exact) mass is 339 g/mol. The molecule has 2 unspecified atom stereocenters. The molecule has 0 spiro atoms. The number of hydrogen-bond donors (Lipinski definition) is 3. The lowest BCUT2D eigenvalue weighted by Gasteiger charge is -2.40. The second-order valence-corrected chi connectivity index (χ2v) is 7.13. The lowest BCUT2D eigenvalue weighted by molar-refractivity contribution is -0.764. The molecule has 1 aliphatic heterocycles. The number of para-hydroxylation sites is 1. The van der Waals surface area contributed by atoms with Crippen molar-refractivity contribution in [3.8, 4) is 11.5 Å². The molecular weight excluding hydrogens is 312 g/mol. The minimum Gasteiger partial charge on any atom is -0.507 e. The van der Waals surface area contributed by atoms with Crippen LogP contribution < -0.4 is 15.4 Å². The Labute approximate surface area is 149 Å². The summed E-state index contributed by atoms with van der Waals surface area (Å²) in [6, 6.07) is 15.7. The van der Waals surface area contributed by atoms with Gasteiger partial charge in [0.15, 0.2) is 5.66 Å². The number of quaternary nitrogens is 1. The Hall–Kier alpha value is -2.46. The SMILES string of the molecule is COc1cccc(C2=CC(c3ccccc3O)[NH2+]C(C)(C(C)C)N2)c1. The maximum Gasteiger partial charge on any atom is 0.169 e. The molecule has 0 radical (unpaired) electrons. The Morgan fingerprint density at radius 3 is 2.60 bits per heavy atom. The van der Waals surface area contributed by atoms with Crippen molar-refractivity contribution in [1.82, 2.24) is 5.32 Å². The minimum atomic E-state index is -0.180. The molecule has 0 bridgehead atoms. The number of nitrogens with one attached hydrogen (secondary N) is 1. The number of rotatable bonds is 4. The fourth-order valence-electron chi connectivity index (χ4n) is 3.22. The predicted molar refractivity (Wildman–Crippen MR) is 100 cm³/mol. The third-order valence-corrected chi connectivity index (χ3v) is 5.15. The van der Waals surface area contributed by atoms with E-state index in [1.807, 2.05) is 36.4 Å². The predicted octanol–water partition coefficient (Wildman–Crippen LogP) is 3.02. The van der Waals surface area contributed by atoms with Crippen LogP contribution in [0.2, 0.25) is 0 Å². The first-order valence-corrected chi connectivity index (χ1v) is 8.71. The van der Waals surface area contributed by atoms with E-state index in [1.165, 1.54) is 0 Å². The van der Waals surface area contributed by atoms with E-state index in [0.29, 0.717) is 11.7 Å². The molecule has 1 heterocycles. The molecular formula is C21H27N2O2+. The summed E-state index contributed by atoms with van der Waals surface area (Å²) in [5, 5.41) is 16.3. The molecule has 0 aliphatic carbocycles. The lowest BCUT2D eigenvalue weighted by Crippen LogP contribution is -3.02. The molecule has 3 rings (SSSR count). The van der Waals surface area contributed by atoms with Crippen LogP contribution in [0.25, 0.3) is 5.70 Å². The van der Waals surface area contributed by atoms with Gasteiger partial charge in [0.05, 0.1) is 12.7 Å². The van der Waals surface area contributed by atoms with Crippen molar-refractivity contribution >= 4 is 5.70 Å². The van der Waals surface area contributed by atoms with Gasteiger partial charge in [0, 0.05) is 30.2 Å². The third-order valence-electron chi connectivity index (χ3n) is 5.15. The molecule has 0 aromatic heterocycles. The number of phenolic OH excluding ortho intramolecular Hbond substituents is 1. The number of ether oxygens (including phenoxy) is 1. The molecule has 132 valence electrons. The standard InChI is InChI=1S/C21H26N2O2/c1-14(2)21(3)22-18(15-8-7-9-16(12-15)25-4)13-19(23-21)17-10-5-6-11-20(17)24/h5-14,19,22-24H,1-4H3/p+1. The average molecular weight is 339 g/mol. The van der Waals surface area contributed by atoms with Crippen molar-refractivity contribution in [2.45, 2.75) is 32.5 Å². The number of nitrogens with two attached hydrogens (primary N) is 1. The first-order chi connectivity index (χ1) is 11.9. The Kier molecular flexibility index (Phi) is 4.73. The van der Waals surface area contributed by atoms with E-state index in [1.54, 1.807) is 13.2 Å². The van der Waals surface area contributed by atoms with Gasteiger partial charge in [0.25, 0.3) is 0 Å². The highest BCUT2D eigenvalue weighted by Crippen LogP contribution is 2.30. The highest BCUT2D eigenvalue weighted by Gasteiger charge is 2.39. The number of methoxy groups -OCH3 is 1. The van der Waals surface area contributed by atoms with Crippen LogP contribution in [0.1, 0.15) is 37.9 Å². The van der Waals surface area contributed by atoms with Gasteiger partial charge in [0.2, 0.25) is 0 Å². The van der Waals surface area contributed by atoms with Gasteiger partial charge in [-0.1, -0.05) is 38.1 Å². The fraction of sp³-hybridized carbons (Fsp3) is 0.333. The van der Waals surface area contributed by atoms with E-state index in [2.05, 4.69) is 43.5 Å². The highest BCUT2D eigenvalue weighted by atomic mass is 16.5. The Bertz CT molecular complexity index is 785. The second kappa shape index (κ2) is 6.81. The van der Waals surface area contributed by atoms with Crippen LogP contribution in [0, 0.1) is 5.92 Å². The normalized spacial score (nSPS) is 23.1. The van der Waals surface area contributed by atoms with Gasteiger partial charge in [-0.2, -0.15) is 0 Å². The molecule has 0 saturated heterocycles. The fourth-order valence-corrected chi connectivity index (χ4v) is 3.22. The first kappa shape index (κ1) is 17.4. The molecule has 25 heavy (non-hydrogen) atoms. The lowest BCUT2D eigenvalue weighted by atomic mass is 9.90.